The average Bonchev–Trinajstić information content (AvgIpc) is 3.02. The molecule has 0 saturated carbocycles. The Morgan fingerprint density at radius 1 is 1.19 bits per heavy atom. The second-order valence-corrected chi connectivity index (χ2v) is 6.41. The van der Waals surface area contributed by atoms with Crippen molar-refractivity contribution in [1.82, 2.24) is 4.98 Å². The molecule has 0 saturated heterocycles. The van der Waals surface area contributed by atoms with Gasteiger partial charge in [0.2, 0.25) is 0 Å². The third-order valence-corrected chi connectivity index (χ3v) is 4.59. The largest absolute Gasteiger partial charge is 0.496 e. The summed E-state index contributed by atoms with van der Waals surface area (Å²) < 4.78 is 19.8. The lowest BCUT2D eigenvalue weighted by Crippen LogP contribution is -2.20. The lowest BCUT2D eigenvalue weighted by atomic mass is 10.1. The van der Waals surface area contributed by atoms with Crippen molar-refractivity contribution < 1.29 is 18.7 Å². The number of nitrogens with zero attached hydrogens (tertiary/aromatic N) is 1. The summed E-state index contributed by atoms with van der Waals surface area (Å²) in [6.07, 6.45) is 0. The Hall–Kier alpha value is -3.00. The fourth-order valence-electron chi connectivity index (χ4n) is 2.53. The summed E-state index contributed by atoms with van der Waals surface area (Å²) in [7, 11) is 1.45. The van der Waals surface area contributed by atoms with Gasteiger partial charge in [-0.15, -0.1) is 11.3 Å². The van der Waals surface area contributed by atoms with E-state index >= 15 is 0 Å². The van der Waals surface area contributed by atoms with Gasteiger partial charge in [0.15, 0.2) is 0 Å². The van der Waals surface area contributed by atoms with E-state index in [-0.39, 0.29) is 16.8 Å². The standard InChI is InChI=1S/C17H14FN3O3S.C2H6/c1-8-20-11-6-7-12(24-2)14(15(11)25-8)17(23)21-10-5-3-4-9(18)13(10)16(19)22;1-2/h3-7H,1-2H3,(H2,19,22)(H,21,23);1-2H3. The van der Waals surface area contributed by atoms with Gasteiger partial charge < -0.3 is 15.8 Å². The van der Waals surface area contributed by atoms with Crippen LogP contribution in [0.4, 0.5) is 10.1 Å². The van der Waals surface area contributed by atoms with Gasteiger partial charge in [-0.3, -0.25) is 9.59 Å². The molecule has 8 heteroatoms. The van der Waals surface area contributed by atoms with E-state index in [1.807, 2.05) is 20.8 Å². The Bertz CT molecular complexity index is 1000. The number of carbonyl (C=O) groups is 2. The third-order valence-electron chi connectivity index (χ3n) is 3.58. The van der Waals surface area contributed by atoms with Crippen molar-refractivity contribution in [1.29, 1.82) is 0 Å². The van der Waals surface area contributed by atoms with Gasteiger partial charge in [0.05, 0.1) is 33.6 Å². The molecule has 0 fully saturated rings. The summed E-state index contributed by atoms with van der Waals surface area (Å²) in [6.45, 7) is 5.83. The van der Waals surface area contributed by atoms with Gasteiger partial charge in [-0.05, 0) is 31.2 Å². The van der Waals surface area contributed by atoms with Crippen molar-refractivity contribution in [3.8, 4) is 5.75 Å². The lowest BCUT2D eigenvalue weighted by molar-refractivity contribution is 0.0997. The molecule has 0 unspecified atom stereocenters. The Labute approximate surface area is 160 Å². The number of benzene rings is 2. The Morgan fingerprint density at radius 2 is 1.89 bits per heavy atom. The summed E-state index contributed by atoms with van der Waals surface area (Å²) in [5.41, 5.74) is 5.77. The number of primary amides is 1. The van der Waals surface area contributed by atoms with Crippen LogP contribution in [0.1, 0.15) is 39.6 Å². The average molecular weight is 389 g/mol. The number of ether oxygens (including phenoxy) is 1. The van der Waals surface area contributed by atoms with Gasteiger partial charge in [0.1, 0.15) is 17.1 Å². The monoisotopic (exact) mass is 389 g/mol. The molecule has 0 aliphatic heterocycles. The van der Waals surface area contributed by atoms with Crippen LogP contribution in [-0.4, -0.2) is 23.9 Å². The molecule has 2 amide bonds. The summed E-state index contributed by atoms with van der Waals surface area (Å²) in [4.78, 5) is 28.7. The number of halogens is 1. The normalized spacial score (nSPS) is 10.1. The molecular weight excluding hydrogens is 369 g/mol. The van der Waals surface area contributed by atoms with Crippen molar-refractivity contribution in [2.24, 2.45) is 5.73 Å². The zero-order chi connectivity index (χ0) is 20.1. The van der Waals surface area contributed by atoms with Crippen LogP contribution in [0, 0.1) is 12.7 Å². The molecule has 3 aromatic rings. The van der Waals surface area contributed by atoms with Crippen LogP contribution in [0.3, 0.4) is 0 Å². The number of hydrogen-bond donors (Lipinski definition) is 2. The van der Waals surface area contributed by atoms with E-state index in [1.165, 1.54) is 30.6 Å². The number of methoxy groups -OCH3 is 1. The SMILES string of the molecule is CC.COc1ccc2nc(C)sc2c1C(=O)Nc1cccc(F)c1C(N)=O. The number of hydrogen-bond acceptors (Lipinski definition) is 5. The van der Waals surface area contributed by atoms with Crippen molar-refractivity contribution in [2.45, 2.75) is 20.8 Å². The fraction of sp³-hybridized carbons (Fsp3) is 0.211. The minimum Gasteiger partial charge on any atom is -0.496 e. The molecule has 1 aromatic heterocycles. The first-order valence-corrected chi connectivity index (χ1v) is 9.07. The molecule has 2 aromatic carbocycles. The zero-order valence-corrected chi connectivity index (χ0v) is 16.2. The van der Waals surface area contributed by atoms with Crippen molar-refractivity contribution >= 4 is 39.1 Å². The highest BCUT2D eigenvalue weighted by Crippen LogP contribution is 2.33. The van der Waals surface area contributed by atoms with E-state index in [0.29, 0.717) is 16.0 Å². The smallest absolute Gasteiger partial charge is 0.260 e. The Morgan fingerprint density at radius 3 is 2.52 bits per heavy atom. The first-order chi connectivity index (χ1) is 12.9. The molecule has 0 aliphatic rings. The van der Waals surface area contributed by atoms with E-state index in [9.17, 15) is 14.0 Å². The molecule has 142 valence electrons. The zero-order valence-electron chi connectivity index (χ0n) is 15.4. The topological polar surface area (TPSA) is 94.3 Å². The number of nitrogens with one attached hydrogen (secondary N) is 1. The molecular formula is C19H20FN3O3S. The number of amides is 2. The van der Waals surface area contributed by atoms with Gasteiger partial charge in [0, 0.05) is 0 Å². The second kappa shape index (κ2) is 8.59. The van der Waals surface area contributed by atoms with E-state index in [2.05, 4.69) is 10.3 Å². The molecule has 27 heavy (non-hydrogen) atoms. The van der Waals surface area contributed by atoms with Crippen LogP contribution in [0.15, 0.2) is 30.3 Å². The predicted molar refractivity (Wildman–Crippen MR) is 105 cm³/mol. The molecule has 6 nitrogen and oxygen atoms in total. The molecule has 3 N–H and O–H groups in total. The number of fused-ring (bicyclic) bond motifs is 1. The van der Waals surface area contributed by atoms with Gasteiger partial charge in [-0.25, -0.2) is 9.37 Å². The maximum atomic E-state index is 13.9. The van der Waals surface area contributed by atoms with E-state index in [0.717, 1.165) is 11.1 Å². The number of aromatic nitrogens is 1. The number of carbonyl (C=O) groups excluding carboxylic acids is 2. The first kappa shape index (κ1) is 20.3. The molecule has 0 bridgehead atoms. The summed E-state index contributed by atoms with van der Waals surface area (Å²) in [5, 5.41) is 3.34. The minimum absolute atomic E-state index is 0.00204. The van der Waals surface area contributed by atoms with Crippen molar-refractivity contribution in [3.05, 3.63) is 52.3 Å². The van der Waals surface area contributed by atoms with E-state index in [4.69, 9.17) is 10.5 Å². The molecule has 3 rings (SSSR count). The fourth-order valence-corrected chi connectivity index (χ4v) is 3.49. The number of nitrogens with two attached hydrogens (primary N) is 1. The van der Waals surface area contributed by atoms with E-state index < -0.39 is 17.6 Å². The van der Waals surface area contributed by atoms with Crippen LogP contribution in [0.5, 0.6) is 5.75 Å². The molecule has 0 spiro atoms. The Kier molecular flexibility index (Phi) is 6.46. The minimum atomic E-state index is -0.966. The summed E-state index contributed by atoms with van der Waals surface area (Å²) in [6, 6.07) is 7.28. The van der Waals surface area contributed by atoms with Crippen LogP contribution in [-0.2, 0) is 0 Å². The number of anilines is 1. The van der Waals surface area contributed by atoms with Crippen LogP contribution in [0.2, 0.25) is 0 Å². The lowest BCUT2D eigenvalue weighted by Gasteiger charge is -2.12. The number of rotatable bonds is 4. The number of aryl methyl sites for hydroxylation is 1. The third kappa shape index (κ3) is 4.06. The molecule has 0 radical (unpaired) electrons. The molecule has 0 aliphatic carbocycles. The first-order valence-electron chi connectivity index (χ1n) is 8.26. The highest BCUT2D eigenvalue weighted by Gasteiger charge is 2.22. The Balaban J connectivity index is 0.00000126. The van der Waals surface area contributed by atoms with E-state index in [1.54, 1.807) is 12.1 Å². The predicted octanol–water partition coefficient (Wildman–Crippen LogP) is 4.13. The van der Waals surface area contributed by atoms with Gasteiger partial charge in [-0.2, -0.15) is 0 Å². The highest BCUT2D eigenvalue weighted by molar-refractivity contribution is 7.19. The maximum Gasteiger partial charge on any atom is 0.260 e. The number of thiazole rings is 1. The van der Waals surface area contributed by atoms with Gasteiger partial charge in [-0.1, -0.05) is 19.9 Å². The quantitative estimate of drug-likeness (QED) is 0.701. The summed E-state index contributed by atoms with van der Waals surface area (Å²) >= 11 is 1.34. The summed E-state index contributed by atoms with van der Waals surface area (Å²) in [5.74, 6) is -1.96. The molecule has 0 atom stereocenters. The van der Waals surface area contributed by atoms with Crippen molar-refractivity contribution in [2.75, 3.05) is 12.4 Å². The van der Waals surface area contributed by atoms with Gasteiger partial charge in [0.25, 0.3) is 11.8 Å². The highest BCUT2D eigenvalue weighted by atomic mass is 32.1. The van der Waals surface area contributed by atoms with Crippen LogP contribution >= 0.6 is 11.3 Å². The maximum absolute atomic E-state index is 13.9. The van der Waals surface area contributed by atoms with Crippen LogP contribution < -0.4 is 15.8 Å². The van der Waals surface area contributed by atoms with Crippen molar-refractivity contribution in [3.63, 3.8) is 0 Å². The van der Waals surface area contributed by atoms with Crippen LogP contribution in [0.25, 0.3) is 10.2 Å². The second-order valence-electron chi connectivity index (χ2n) is 5.20. The molecule has 1 heterocycles. The van der Waals surface area contributed by atoms with Gasteiger partial charge >= 0.3 is 0 Å².